The molecule has 4 heteroatoms. The summed E-state index contributed by atoms with van der Waals surface area (Å²) in [5, 5.41) is 0. The quantitative estimate of drug-likeness (QED) is 0.832. The highest BCUT2D eigenvalue weighted by molar-refractivity contribution is 5.49. The van der Waals surface area contributed by atoms with Crippen LogP contribution in [-0.4, -0.2) is 23.8 Å². The molecule has 2 heterocycles. The lowest BCUT2D eigenvalue weighted by atomic mass is 10.1. The van der Waals surface area contributed by atoms with E-state index in [1.165, 1.54) is 5.69 Å². The largest absolute Gasteiger partial charge is 0.494 e. The van der Waals surface area contributed by atoms with Crippen molar-refractivity contribution in [2.75, 3.05) is 14.2 Å². The number of ether oxygens (including phenoxy) is 2. The maximum absolute atomic E-state index is 5.41. The summed E-state index contributed by atoms with van der Waals surface area (Å²) in [7, 11) is 3.24. The highest BCUT2D eigenvalue weighted by Crippen LogP contribution is 2.29. The van der Waals surface area contributed by atoms with E-state index in [1.807, 2.05) is 12.3 Å². The zero-order valence-corrected chi connectivity index (χ0v) is 11.2. The fourth-order valence-electron chi connectivity index (χ4n) is 1.95. The van der Waals surface area contributed by atoms with E-state index in [0.29, 0.717) is 11.8 Å². The van der Waals surface area contributed by atoms with E-state index < -0.39 is 0 Å². The Hall–Kier alpha value is -1.97. The molecule has 0 N–H and O–H groups in total. The fourth-order valence-corrected chi connectivity index (χ4v) is 1.95. The monoisotopic (exact) mass is 246 g/mol. The average Bonchev–Trinajstić information content (AvgIpc) is 2.87. The number of methoxy groups -OCH3 is 2. The van der Waals surface area contributed by atoms with Crippen molar-refractivity contribution >= 4 is 0 Å². The molecular weight excluding hydrogens is 228 g/mol. The Morgan fingerprint density at radius 3 is 2.61 bits per heavy atom. The fraction of sp³-hybridized carbons (Fsp3) is 0.357. The summed E-state index contributed by atoms with van der Waals surface area (Å²) in [5.74, 6) is 1.74. The predicted molar refractivity (Wildman–Crippen MR) is 70.8 cm³/mol. The van der Waals surface area contributed by atoms with Gasteiger partial charge in [0.05, 0.1) is 20.4 Å². The normalized spacial score (nSPS) is 10.7. The molecule has 0 bridgehead atoms. The second-order valence-corrected chi connectivity index (χ2v) is 4.36. The van der Waals surface area contributed by atoms with Crippen LogP contribution in [0, 0.1) is 0 Å². The van der Waals surface area contributed by atoms with Crippen molar-refractivity contribution in [2.45, 2.75) is 19.8 Å². The molecular formula is C14H18N2O2. The third-order valence-corrected chi connectivity index (χ3v) is 2.88. The van der Waals surface area contributed by atoms with Gasteiger partial charge in [0.25, 0.3) is 0 Å². The first-order valence-corrected chi connectivity index (χ1v) is 5.93. The molecule has 0 amide bonds. The lowest BCUT2D eigenvalue weighted by molar-refractivity contribution is 0.381. The van der Waals surface area contributed by atoms with Gasteiger partial charge in [0, 0.05) is 18.0 Å². The van der Waals surface area contributed by atoms with E-state index in [4.69, 9.17) is 9.47 Å². The Balaban J connectivity index is 2.53. The summed E-state index contributed by atoms with van der Waals surface area (Å²) in [4.78, 5) is 4.24. The summed E-state index contributed by atoms with van der Waals surface area (Å²) < 4.78 is 12.6. The van der Waals surface area contributed by atoms with Gasteiger partial charge in [0.1, 0.15) is 11.4 Å². The van der Waals surface area contributed by atoms with Crippen molar-refractivity contribution in [3.63, 3.8) is 0 Å². The Morgan fingerprint density at radius 2 is 2.00 bits per heavy atom. The molecule has 18 heavy (non-hydrogen) atoms. The molecule has 2 rings (SSSR count). The van der Waals surface area contributed by atoms with E-state index in [-0.39, 0.29) is 0 Å². The topological polar surface area (TPSA) is 36.3 Å². The molecule has 0 fully saturated rings. The van der Waals surface area contributed by atoms with Gasteiger partial charge in [-0.2, -0.15) is 0 Å². The number of nitrogens with zero attached hydrogens (tertiary/aromatic N) is 2. The van der Waals surface area contributed by atoms with Crippen LogP contribution < -0.4 is 9.47 Å². The minimum atomic E-state index is 0.437. The number of pyridine rings is 1. The Kier molecular flexibility index (Phi) is 3.55. The molecule has 0 saturated heterocycles. The van der Waals surface area contributed by atoms with Gasteiger partial charge in [-0.1, -0.05) is 13.8 Å². The maximum atomic E-state index is 5.41. The van der Waals surface area contributed by atoms with E-state index >= 15 is 0 Å². The van der Waals surface area contributed by atoms with Crippen molar-refractivity contribution in [1.82, 2.24) is 9.55 Å². The lowest BCUT2D eigenvalue weighted by Crippen LogP contribution is -2.04. The minimum absolute atomic E-state index is 0.437. The standard InChI is InChI=1S/C14H18N2O2/c1-10(2)11-6-5-7-16(11)12-9-15-14(18-4)8-13(12)17-3/h5-10H,1-4H3. The summed E-state index contributed by atoms with van der Waals surface area (Å²) in [6.45, 7) is 4.32. The first-order valence-electron chi connectivity index (χ1n) is 5.93. The van der Waals surface area contributed by atoms with Crippen LogP contribution in [0.4, 0.5) is 0 Å². The molecule has 0 spiro atoms. The Bertz CT molecular complexity index is 532. The third-order valence-electron chi connectivity index (χ3n) is 2.88. The van der Waals surface area contributed by atoms with E-state index in [2.05, 4.69) is 29.5 Å². The van der Waals surface area contributed by atoms with Crippen LogP contribution in [0.25, 0.3) is 5.69 Å². The van der Waals surface area contributed by atoms with Crippen LogP contribution in [0.15, 0.2) is 30.6 Å². The summed E-state index contributed by atoms with van der Waals surface area (Å²) in [6.07, 6.45) is 3.78. The van der Waals surface area contributed by atoms with Gasteiger partial charge < -0.3 is 14.0 Å². The number of rotatable bonds is 4. The van der Waals surface area contributed by atoms with Crippen LogP contribution in [-0.2, 0) is 0 Å². The molecule has 0 aliphatic heterocycles. The van der Waals surface area contributed by atoms with Gasteiger partial charge in [-0.15, -0.1) is 0 Å². The van der Waals surface area contributed by atoms with Crippen LogP contribution >= 0.6 is 0 Å². The molecule has 2 aromatic heterocycles. The molecule has 0 atom stereocenters. The molecule has 2 aromatic rings. The Labute approximate surface area is 107 Å². The van der Waals surface area contributed by atoms with Crippen molar-refractivity contribution in [3.8, 4) is 17.3 Å². The van der Waals surface area contributed by atoms with Gasteiger partial charge >= 0.3 is 0 Å². The molecule has 0 unspecified atom stereocenters. The first kappa shape index (κ1) is 12.5. The molecule has 96 valence electrons. The molecule has 0 aliphatic carbocycles. The van der Waals surface area contributed by atoms with E-state index in [9.17, 15) is 0 Å². The SMILES string of the molecule is COc1cc(OC)c(-n2cccc2C(C)C)cn1. The van der Waals surface area contributed by atoms with Gasteiger partial charge in [-0.05, 0) is 18.1 Å². The van der Waals surface area contributed by atoms with Crippen LogP contribution in [0.2, 0.25) is 0 Å². The lowest BCUT2D eigenvalue weighted by Gasteiger charge is -2.15. The van der Waals surface area contributed by atoms with Crippen molar-refractivity contribution in [3.05, 3.63) is 36.3 Å². The van der Waals surface area contributed by atoms with Crippen LogP contribution in [0.5, 0.6) is 11.6 Å². The van der Waals surface area contributed by atoms with E-state index in [1.54, 1.807) is 26.5 Å². The second-order valence-electron chi connectivity index (χ2n) is 4.36. The molecule has 0 saturated carbocycles. The van der Waals surface area contributed by atoms with Crippen molar-refractivity contribution < 1.29 is 9.47 Å². The van der Waals surface area contributed by atoms with Crippen molar-refractivity contribution in [1.29, 1.82) is 0 Å². The summed E-state index contributed by atoms with van der Waals surface area (Å²) in [5.41, 5.74) is 2.15. The van der Waals surface area contributed by atoms with Crippen molar-refractivity contribution in [2.24, 2.45) is 0 Å². The molecule has 4 nitrogen and oxygen atoms in total. The summed E-state index contributed by atoms with van der Waals surface area (Å²) in [6, 6.07) is 5.92. The molecule has 0 aliphatic rings. The maximum Gasteiger partial charge on any atom is 0.216 e. The second kappa shape index (κ2) is 5.12. The van der Waals surface area contributed by atoms with Gasteiger partial charge in [0.15, 0.2) is 0 Å². The minimum Gasteiger partial charge on any atom is -0.494 e. The first-order chi connectivity index (χ1) is 8.67. The highest BCUT2D eigenvalue weighted by atomic mass is 16.5. The smallest absolute Gasteiger partial charge is 0.216 e. The van der Waals surface area contributed by atoms with Gasteiger partial charge in [-0.3, -0.25) is 0 Å². The van der Waals surface area contributed by atoms with E-state index in [0.717, 1.165) is 11.4 Å². The van der Waals surface area contributed by atoms with Gasteiger partial charge in [0.2, 0.25) is 5.88 Å². The van der Waals surface area contributed by atoms with Crippen LogP contribution in [0.1, 0.15) is 25.5 Å². The summed E-state index contributed by atoms with van der Waals surface area (Å²) >= 11 is 0. The average molecular weight is 246 g/mol. The zero-order valence-electron chi connectivity index (χ0n) is 11.2. The zero-order chi connectivity index (χ0) is 13.1. The number of hydrogen-bond donors (Lipinski definition) is 0. The predicted octanol–water partition coefficient (Wildman–Crippen LogP) is 3.01. The molecule has 0 aromatic carbocycles. The Morgan fingerprint density at radius 1 is 1.22 bits per heavy atom. The van der Waals surface area contributed by atoms with Crippen LogP contribution in [0.3, 0.4) is 0 Å². The third kappa shape index (κ3) is 2.18. The number of aromatic nitrogens is 2. The number of hydrogen-bond acceptors (Lipinski definition) is 3. The highest BCUT2D eigenvalue weighted by Gasteiger charge is 2.12. The molecule has 0 radical (unpaired) electrons. The van der Waals surface area contributed by atoms with Gasteiger partial charge in [-0.25, -0.2) is 4.98 Å².